The summed E-state index contributed by atoms with van der Waals surface area (Å²) in [5.74, 6) is -1.47. The minimum atomic E-state index is -0.952. The van der Waals surface area contributed by atoms with Crippen LogP contribution in [0.5, 0.6) is 0 Å². The van der Waals surface area contributed by atoms with Crippen molar-refractivity contribution in [2.24, 2.45) is 5.16 Å². The standard InChI is InChI=1S/C31H27N7O5S3/c1-2-42-36-22(26-35-31(32)46-37-26)27(39)34-23-28(40)38-24(21(17-44-29(23)38)45-20-14-9-15-33-16-20)30(41)43-25(18-10-5-3-6-11-18)19-12-7-4-8-13-19/h3-16,23,25,29H,2,17H2,1H3,(H,34,39)(H2,32,35,37)/b36-22+/t23?,29-/m1/s1. The Hall–Kier alpha value is -4.73. The molecule has 46 heavy (non-hydrogen) atoms. The van der Waals surface area contributed by atoms with E-state index in [-0.39, 0.29) is 29.0 Å². The molecule has 2 amide bonds. The van der Waals surface area contributed by atoms with E-state index >= 15 is 0 Å². The van der Waals surface area contributed by atoms with Gasteiger partial charge in [-0.15, -0.1) is 11.8 Å². The van der Waals surface area contributed by atoms with Crippen molar-refractivity contribution in [3.63, 3.8) is 0 Å². The highest BCUT2D eigenvalue weighted by Crippen LogP contribution is 2.46. The Labute approximate surface area is 276 Å². The molecule has 1 fully saturated rings. The summed E-state index contributed by atoms with van der Waals surface area (Å²) in [4.78, 5) is 57.4. The van der Waals surface area contributed by atoms with Crippen LogP contribution in [0.15, 0.2) is 106 Å². The summed E-state index contributed by atoms with van der Waals surface area (Å²) in [6, 6.07) is 21.5. The number of nitrogens with two attached hydrogens (primary N) is 1. The third-order valence-electron chi connectivity index (χ3n) is 6.87. The molecule has 0 bridgehead atoms. The molecular formula is C31H27N7O5S3. The fourth-order valence-electron chi connectivity index (χ4n) is 4.81. The first kappa shape index (κ1) is 31.3. The summed E-state index contributed by atoms with van der Waals surface area (Å²) in [5.41, 5.74) is 7.19. The van der Waals surface area contributed by atoms with Gasteiger partial charge in [-0.2, -0.15) is 9.36 Å². The molecule has 2 aromatic heterocycles. The molecule has 12 nitrogen and oxygen atoms in total. The zero-order chi connectivity index (χ0) is 32.0. The number of esters is 1. The predicted octanol–water partition coefficient (Wildman–Crippen LogP) is 3.99. The summed E-state index contributed by atoms with van der Waals surface area (Å²) in [7, 11) is 0. The number of ether oxygens (including phenoxy) is 1. The molecule has 2 atom stereocenters. The average Bonchev–Trinajstić information content (AvgIpc) is 3.52. The molecular weight excluding hydrogens is 647 g/mol. The SMILES string of the molecule is CCO/N=C(/C(=O)NC1C(=O)N2C(C(=O)OC(c3ccccc3)c3ccccc3)=C(Sc3cccnc3)CS[C@H]12)c1nsc(N)n1. The number of anilines is 1. The highest BCUT2D eigenvalue weighted by molar-refractivity contribution is 8.06. The van der Waals surface area contributed by atoms with Crippen molar-refractivity contribution in [1.82, 2.24) is 24.6 Å². The summed E-state index contributed by atoms with van der Waals surface area (Å²) >= 11 is 3.66. The van der Waals surface area contributed by atoms with Gasteiger partial charge in [0.1, 0.15) is 23.7 Å². The highest BCUT2D eigenvalue weighted by Gasteiger charge is 2.55. The van der Waals surface area contributed by atoms with Crippen molar-refractivity contribution >= 4 is 63.7 Å². The molecule has 3 N–H and O–H groups in total. The number of nitrogens with zero attached hydrogens (tertiary/aromatic N) is 5. The van der Waals surface area contributed by atoms with E-state index in [1.54, 1.807) is 25.4 Å². The van der Waals surface area contributed by atoms with Crippen LogP contribution in [0, 0.1) is 0 Å². The Bertz CT molecular complexity index is 1750. The van der Waals surface area contributed by atoms with Crippen molar-refractivity contribution in [1.29, 1.82) is 0 Å². The maximum Gasteiger partial charge on any atom is 0.356 e. The average molecular weight is 674 g/mol. The molecule has 4 aromatic rings. The van der Waals surface area contributed by atoms with Crippen molar-refractivity contribution in [2.75, 3.05) is 18.1 Å². The van der Waals surface area contributed by atoms with Crippen LogP contribution in [0.3, 0.4) is 0 Å². The van der Waals surface area contributed by atoms with Gasteiger partial charge in [-0.05, 0) is 30.2 Å². The lowest BCUT2D eigenvalue weighted by molar-refractivity contribution is -0.154. The molecule has 2 aliphatic rings. The lowest BCUT2D eigenvalue weighted by atomic mass is 10.0. The van der Waals surface area contributed by atoms with E-state index in [1.165, 1.54) is 28.4 Å². The van der Waals surface area contributed by atoms with Gasteiger partial charge in [-0.3, -0.25) is 19.5 Å². The molecule has 4 heterocycles. The van der Waals surface area contributed by atoms with Crippen LogP contribution in [-0.2, 0) is 24.0 Å². The molecule has 0 spiro atoms. The Morgan fingerprint density at radius 3 is 2.43 bits per heavy atom. The predicted molar refractivity (Wildman–Crippen MR) is 175 cm³/mol. The van der Waals surface area contributed by atoms with E-state index in [2.05, 4.69) is 24.8 Å². The molecule has 1 saturated heterocycles. The Kier molecular flexibility index (Phi) is 9.61. The van der Waals surface area contributed by atoms with Gasteiger partial charge in [0, 0.05) is 39.5 Å². The summed E-state index contributed by atoms with van der Waals surface area (Å²) in [5, 5.41) is 6.17. The van der Waals surface area contributed by atoms with Gasteiger partial charge in [0.25, 0.3) is 11.8 Å². The van der Waals surface area contributed by atoms with Crippen molar-refractivity contribution in [3.05, 3.63) is 113 Å². The van der Waals surface area contributed by atoms with Crippen LogP contribution in [0.1, 0.15) is 30.0 Å². The number of carbonyl (C=O) groups is 3. The van der Waals surface area contributed by atoms with E-state index in [0.717, 1.165) is 27.6 Å². The maximum atomic E-state index is 14.2. The summed E-state index contributed by atoms with van der Waals surface area (Å²) in [6.45, 7) is 1.91. The normalized spacial score (nSPS) is 17.7. The molecule has 0 aliphatic carbocycles. The van der Waals surface area contributed by atoms with E-state index in [4.69, 9.17) is 15.3 Å². The van der Waals surface area contributed by atoms with Crippen LogP contribution in [-0.4, -0.2) is 66.5 Å². The summed E-state index contributed by atoms with van der Waals surface area (Å²) < 4.78 is 10.3. The van der Waals surface area contributed by atoms with Gasteiger partial charge in [0.05, 0.1) is 0 Å². The first-order valence-corrected chi connectivity index (χ1v) is 16.8. The first-order chi connectivity index (χ1) is 22.4. The van der Waals surface area contributed by atoms with E-state index in [0.29, 0.717) is 10.7 Å². The number of benzene rings is 2. The van der Waals surface area contributed by atoms with Crippen LogP contribution in [0.2, 0.25) is 0 Å². The second-order valence-electron chi connectivity index (χ2n) is 9.84. The minimum absolute atomic E-state index is 0.0134. The summed E-state index contributed by atoms with van der Waals surface area (Å²) in [6.07, 6.45) is 2.63. The third-order valence-corrected chi connectivity index (χ3v) is 9.94. The smallest absolute Gasteiger partial charge is 0.356 e. The van der Waals surface area contributed by atoms with E-state index in [1.807, 2.05) is 66.7 Å². The van der Waals surface area contributed by atoms with E-state index in [9.17, 15) is 14.4 Å². The number of hydrogen-bond donors (Lipinski definition) is 2. The zero-order valence-electron chi connectivity index (χ0n) is 24.3. The molecule has 15 heteroatoms. The van der Waals surface area contributed by atoms with Crippen LogP contribution in [0.25, 0.3) is 0 Å². The van der Waals surface area contributed by atoms with Gasteiger partial charge in [-0.1, -0.05) is 77.6 Å². The zero-order valence-corrected chi connectivity index (χ0v) is 26.8. The van der Waals surface area contributed by atoms with Crippen molar-refractivity contribution in [2.45, 2.75) is 29.3 Å². The number of fused-ring (bicyclic) bond motifs is 1. The Morgan fingerprint density at radius 1 is 1.11 bits per heavy atom. The van der Waals surface area contributed by atoms with Crippen LogP contribution in [0.4, 0.5) is 5.13 Å². The number of nitrogen functional groups attached to an aromatic ring is 1. The largest absolute Gasteiger partial charge is 0.448 e. The van der Waals surface area contributed by atoms with Gasteiger partial charge in [0.15, 0.2) is 11.2 Å². The monoisotopic (exact) mass is 673 g/mol. The maximum absolute atomic E-state index is 14.2. The molecule has 234 valence electrons. The number of pyridine rings is 1. The quantitative estimate of drug-likeness (QED) is 0.102. The van der Waals surface area contributed by atoms with Crippen molar-refractivity contribution in [3.8, 4) is 0 Å². The molecule has 1 unspecified atom stereocenters. The van der Waals surface area contributed by atoms with Gasteiger partial charge >= 0.3 is 5.97 Å². The fraction of sp³-hybridized carbons (Fsp3) is 0.194. The van der Waals surface area contributed by atoms with Crippen LogP contribution < -0.4 is 11.1 Å². The number of nitrogens with one attached hydrogen (secondary N) is 1. The fourth-order valence-corrected chi connectivity index (χ4v) is 7.70. The lowest BCUT2D eigenvalue weighted by Gasteiger charge is -2.49. The minimum Gasteiger partial charge on any atom is -0.448 e. The number of carbonyl (C=O) groups excluding carboxylic acids is 3. The molecule has 0 radical (unpaired) electrons. The number of rotatable bonds is 11. The number of oxime groups is 1. The number of amides is 2. The molecule has 2 aromatic carbocycles. The van der Waals surface area contributed by atoms with Crippen molar-refractivity contribution < 1.29 is 24.0 Å². The third kappa shape index (κ3) is 6.61. The Balaban J connectivity index is 1.30. The number of hydrogen-bond acceptors (Lipinski definition) is 13. The highest BCUT2D eigenvalue weighted by atomic mass is 32.2. The second-order valence-corrected chi connectivity index (χ2v) is 12.9. The Morgan fingerprint density at radius 2 is 1.83 bits per heavy atom. The van der Waals surface area contributed by atoms with Crippen LogP contribution >= 0.6 is 35.1 Å². The van der Waals surface area contributed by atoms with Gasteiger partial charge in [-0.25, -0.2) is 4.79 Å². The number of aromatic nitrogens is 3. The molecule has 6 rings (SSSR count). The van der Waals surface area contributed by atoms with Gasteiger partial charge < -0.3 is 20.6 Å². The van der Waals surface area contributed by atoms with E-state index < -0.39 is 35.3 Å². The first-order valence-electron chi connectivity index (χ1n) is 14.1. The molecule has 2 aliphatic heterocycles. The topological polar surface area (TPSA) is 162 Å². The van der Waals surface area contributed by atoms with Gasteiger partial charge in [0.2, 0.25) is 11.5 Å². The number of β-lactam (4-membered cyclic amide) rings is 1. The number of thioether (sulfide) groups is 2. The second kappa shape index (κ2) is 14.1. The lowest BCUT2D eigenvalue weighted by Crippen LogP contribution is -2.71. The molecule has 0 saturated carbocycles.